The summed E-state index contributed by atoms with van der Waals surface area (Å²) < 4.78 is 2.19. The van der Waals surface area contributed by atoms with Gasteiger partial charge in [-0.3, -0.25) is 5.43 Å². The fourth-order valence-electron chi connectivity index (χ4n) is 1.31. The first kappa shape index (κ1) is 9.89. The van der Waals surface area contributed by atoms with Gasteiger partial charge in [0, 0.05) is 4.47 Å². The molecule has 0 spiro atoms. The van der Waals surface area contributed by atoms with Crippen molar-refractivity contribution in [1.29, 1.82) is 0 Å². The van der Waals surface area contributed by atoms with Gasteiger partial charge in [-0.25, -0.2) is 10.8 Å². The summed E-state index contributed by atoms with van der Waals surface area (Å²) in [6.45, 7) is 2.14. The second-order valence-corrected chi connectivity index (χ2v) is 4.83. The van der Waals surface area contributed by atoms with Crippen LogP contribution in [0.1, 0.15) is 12.5 Å². The molecule has 2 rings (SSSR count). The second kappa shape index (κ2) is 3.84. The number of nitrogens with two attached hydrogens (primary N) is 1. The standard InChI is InChI=1S/C9H10BrN3S/c1-2-5-3-6(10)8-7(4-5)14-9(12-8)13-11/h3-4H,2,11H2,1H3,(H,12,13). The third-order valence-corrected chi connectivity index (χ3v) is 3.58. The highest BCUT2D eigenvalue weighted by atomic mass is 79.9. The average Bonchev–Trinajstić information content (AvgIpc) is 2.61. The lowest BCUT2D eigenvalue weighted by Crippen LogP contribution is -2.05. The van der Waals surface area contributed by atoms with Crippen LogP contribution in [0.5, 0.6) is 0 Å². The lowest BCUT2D eigenvalue weighted by molar-refractivity contribution is 1.14. The Kier molecular flexibility index (Phi) is 2.71. The Hall–Kier alpha value is -0.650. The van der Waals surface area contributed by atoms with E-state index in [0.29, 0.717) is 0 Å². The third kappa shape index (κ3) is 1.63. The zero-order chi connectivity index (χ0) is 10.1. The number of hydrogen-bond donors (Lipinski definition) is 2. The van der Waals surface area contributed by atoms with E-state index in [0.717, 1.165) is 26.2 Å². The Bertz CT molecular complexity index is 466. The Morgan fingerprint density at radius 2 is 2.36 bits per heavy atom. The van der Waals surface area contributed by atoms with Gasteiger partial charge in [0.05, 0.1) is 10.2 Å². The molecular formula is C9H10BrN3S. The summed E-state index contributed by atoms with van der Waals surface area (Å²) in [6, 6.07) is 4.25. The molecule has 1 aromatic heterocycles. The first-order valence-electron chi connectivity index (χ1n) is 4.30. The van der Waals surface area contributed by atoms with E-state index < -0.39 is 0 Å². The molecule has 0 saturated carbocycles. The highest BCUT2D eigenvalue weighted by Gasteiger charge is 2.07. The first-order chi connectivity index (χ1) is 6.74. The lowest BCUT2D eigenvalue weighted by Gasteiger charge is -1.97. The van der Waals surface area contributed by atoms with Crippen LogP contribution in [0, 0.1) is 0 Å². The van der Waals surface area contributed by atoms with E-state index in [9.17, 15) is 0 Å². The number of benzene rings is 1. The molecule has 1 heterocycles. The van der Waals surface area contributed by atoms with Gasteiger partial charge in [0.25, 0.3) is 0 Å². The molecule has 0 aliphatic heterocycles. The number of thiazole rings is 1. The highest BCUT2D eigenvalue weighted by Crippen LogP contribution is 2.32. The Morgan fingerprint density at radius 1 is 1.57 bits per heavy atom. The molecule has 74 valence electrons. The lowest BCUT2D eigenvalue weighted by atomic mass is 10.2. The fourth-order valence-corrected chi connectivity index (χ4v) is 2.90. The van der Waals surface area contributed by atoms with Crippen molar-refractivity contribution in [3.05, 3.63) is 22.2 Å². The van der Waals surface area contributed by atoms with Gasteiger partial charge in [-0.2, -0.15) is 0 Å². The van der Waals surface area contributed by atoms with Crippen LogP contribution in [0.4, 0.5) is 5.13 Å². The van der Waals surface area contributed by atoms with Crippen LogP contribution in [-0.4, -0.2) is 4.98 Å². The minimum atomic E-state index is 0.744. The summed E-state index contributed by atoms with van der Waals surface area (Å²) in [5.74, 6) is 5.32. The molecule has 3 N–H and O–H groups in total. The van der Waals surface area contributed by atoms with Crippen molar-refractivity contribution < 1.29 is 0 Å². The molecule has 0 aliphatic rings. The summed E-state index contributed by atoms with van der Waals surface area (Å²) in [6.07, 6.45) is 1.03. The maximum Gasteiger partial charge on any atom is 0.198 e. The molecule has 0 amide bonds. The van der Waals surface area contributed by atoms with Crippen molar-refractivity contribution in [2.24, 2.45) is 5.84 Å². The maximum absolute atomic E-state index is 5.32. The number of halogens is 1. The Labute approximate surface area is 94.4 Å². The molecule has 0 fully saturated rings. The van der Waals surface area contributed by atoms with Gasteiger partial charge >= 0.3 is 0 Å². The summed E-state index contributed by atoms with van der Waals surface area (Å²) in [7, 11) is 0. The van der Waals surface area contributed by atoms with E-state index in [-0.39, 0.29) is 0 Å². The molecule has 0 atom stereocenters. The molecule has 5 heteroatoms. The van der Waals surface area contributed by atoms with Crippen molar-refractivity contribution in [2.75, 3.05) is 5.43 Å². The molecular weight excluding hydrogens is 262 g/mol. The predicted molar refractivity (Wildman–Crippen MR) is 64.5 cm³/mol. The maximum atomic E-state index is 5.32. The van der Waals surface area contributed by atoms with Crippen LogP contribution in [0.25, 0.3) is 10.2 Å². The summed E-state index contributed by atoms with van der Waals surface area (Å²) in [5.41, 5.74) is 4.84. The molecule has 0 aliphatic carbocycles. The first-order valence-corrected chi connectivity index (χ1v) is 5.91. The number of nitrogens with one attached hydrogen (secondary N) is 1. The zero-order valence-corrected chi connectivity index (χ0v) is 10.1. The molecule has 0 bridgehead atoms. The van der Waals surface area contributed by atoms with E-state index in [2.05, 4.69) is 45.4 Å². The van der Waals surface area contributed by atoms with E-state index in [1.165, 1.54) is 5.56 Å². The van der Waals surface area contributed by atoms with Gasteiger partial charge in [0.2, 0.25) is 0 Å². The normalized spacial score (nSPS) is 10.8. The number of aromatic nitrogens is 1. The average molecular weight is 272 g/mol. The number of rotatable bonds is 2. The fraction of sp³-hybridized carbons (Fsp3) is 0.222. The van der Waals surface area contributed by atoms with Crippen molar-refractivity contribution in [2.45, 2.75) is 13.3 Å². The highest BCUT2D eigenvalue weighted by molar-refractivity contribution is 9.10. The number of hydrogen-bond acceptors (Lipinski definition) is 4. The van der Waals surface area contributed by atoms with Gasteiger partial charge in [-0.15, -0.1) is 0 Å². The van der Waals surface area contributed by atoms with Gasteiger partial charge < -0.3 is 0 Å². The summed E-state index contributed by atoms with van der Waals surface area (Å²) in [5, 5.41) is 0.744. The van der Waals surface area contributed by atoms with Gasteiger partial charge in [-0.1, -0.05) is 18.3 Å². The zero-order valence-electron chi connectivity index (χ0n) is 7.67. The van der Waals surface area contributed by atoms with E-state index in [1.54, 1.807) is 11.3 Å². The van der Waals surface area contributed by atoms with Gasteiger partial charge in [0.15, 0.2) is 5.13 Å². The van der Waals surface area contributed by atoms with Crippen LogP contribution in [0.15, 0.2) is 16.6 Å². The number of nitrogens with zero attached hydrogens (tertiary/aromatic N) is 1. The van der Waals surface area contributed by atoms with Crippen molar-refractivity contribution in [1.82, 2.24) is 4.98 Å². The van der Waals surface area contributed by atoms with Crippen LogP contribution in [-0.2, 0) is 6.42 Å². The Morgan fingerprint density at radius 3 is 3.00 bits per heavy atom. The van der Waals surface area contributed by atoms with E-state index in [4.69, 9.17) is 5.84 Å². The van der Waals surface area contributed by atoms with Crippen molar-refractivity contribution >= 4 is 42.6 Å². The van der Waals surface area contributed by atoms with E-state index in [1.807, 2.05) is 0 Å². The van der Waals surface area contributed by atoms with E-state index >= 15 is 0 Å². The number of hydrazine groups is 1. The quantitative estimate of drug-likeness (QED) is 0.652. The Balaban J connectivity index is 2.67. The van der Waals surface area contributed by atoms with Crippen molar-refractivity contribution in [3.63, 3.8) is 0 Å². The molecule has 0 unspecified atom stereocenters. The molecule has 0 radical (unpaired) electrons. The van der Waals surface area contributed by atoms with Gasteiger partial charge in [0.1, 0.15) is 0 Å². The van der Waals surface area contributed by atoms with Crippen LogP contribution in [0.2, 0.25) is 0 Å². The van der Waals surface area contributed by atoms with Gasteiger partial charge in [-0.05, 0) is 40.0 Å². The summed E-state index contributed by atoms with van der Waals surface area (Å²) in [4.78, 5) is 4.34. The summed E-state index contributed by atoms with van der Waals surface area (Å²) >= 11 is 5.07. The van der Waals surface area contributed by atoms with Crippen molar-refractivity contribution in [3.8, 4) is 0 Å². The SMILES string of the molecule is CCc1cc(Br)c2nc(NN)sc2c1. The number of aryl methyl sites for hydroxylation is 1. The minimum absolute atomic E-state index is 0.744. The molecule has 1 aromatic carbocycles. The predicted octanol–water partition coefficient (Wildman–Crippen LogP) is 2.91. The molecule has 2 aromatic rings. The smallest absolute Gasteiger partial charge is 0.198 e. The van der Waals surface area contributed by atoms with Crippen LogP contribution < -0.4 is 11.3 Å². The third-order valence-electron chi connectivity index (χ3n) is 2.04. The minimum Gasteiger partial charge on any atom is -0.300 e. The topological polar surface area (TPSA) is 50.9 Å². The largest absolute Gasteiger partial charge is 0.300 e. The number of anilines is 1. The second-order valence-electron chi connectivity index (χ2n) is 2.94. The van der Waals surface area contributed by atoms with Crippen LogP contribution >= 0.6 is 27.3 Å². The molecule has 14 heavy (non-hydrogen) atoms. The number of fused-ring (bicyclic) bond motifs is 1. The number of nitrogen functional groups attached to an aromatic ring is 1. The van der Waals surface area contributed by atoms with Crippen LogP contribution in [0.3, 0.4) is 0 Å². The monoisotopic (exact) mass is 271 g/mol. The molecule has 0 saturated heterocycles. The molecule has 3 nitrogen and oxygen atoms in total.